The summed E-state index contributed by atoms with van der Waals surface area (Å²) in [4.78, 5) is 14.6. The number of H-pyrrole nitrogens is 1. The highest BCUT2D eigenvalue weighted by atomic mass is 16.1. The average molecular weight is 135 g/mol. The third-order valence-corrected chi connectivity index (χ3v) is 1.33. The van der Waals surface area contributed by atoms with Gasteiger partial charge in [0.15, 0.2) is 0 Å². The molecule has 0 aliphatic rings. The van der Waals surface area contributed by atoms with Crippen LogP contribution in [-0.4, -0.2) is 14.6 Å². The molecule has 0 amide bonds. The van der Waals surface area contributed by atoms with Crippen LogP contribution in [0, 0.1) is 0 Å². The molecule has 0 aliphatic heterocycles. The largest absolute Gasteiger partial charge is 0.298 e. The van der Waals surface area contributed by atoms with E-state index in [2.05, 4.69) is 10.1 Å². The fourth-order valence-corrected chi connectivity index (χ4v) is 0.873. The zero-order valence-corrected chi connectivity index (χ0v) is 5.11. The molecule has 2 aromatic heterocycles. The minimum atomic E-state index is -0.137. The molecule has 1 N–H and O–H groups in total. The maximum Gasteiger partial charge on any atom is 0.288 e. The molecule has 0 atom stereocenters. The topological polar surface area (TPSA) is 50.2 Å². The van der Waals surface area contributed by atoms with Crippen LogP contribution < -0.4 is 5.56 Å². The third kappa shape index (κ3) is 0.556. The van der Waals surface area contributed by atoms with Crippen molar-refractivity contribution in [3.8, 4) is 0 Å². The lowest BCUT2D eigenvalue weighted by molar-refractivity contribution is 0.903. The molecule has 0 saturated heterocycles. The van der Waals surface area contributed by atoms with Gasteiger partial charge in [-0.25, -0.2) is 4.52 Å². The fourth-order valence-electron chi connectivity index (χ4n) is 0.873. The summed E-state index contributed by atoms with van der Waals surface area (Å²) in [7, 11) is 0. The van der Waals surface area contributed by atoms with Gasteiger partial charge in [0.05, 0.1) is 17.9 Å². The minimum absolute atomic E-state index is 0.137. The van der Waals surface area contributed by atoms with Crippen molar-refractivity contribution in [1.29, 1.82) is 0 Å². The molecule has 0 fully saturated rings. The number of nitrogens with zero attached hydrogens (tertiary/aromatic N) is 2. The summed E-state index contributed by atoms with van der Waals surface area (Å²) in [6.07, 6.45) is 4.58. The van der Waals surface area contributed by atoms with Gasteiger partial charge in [0.2, 0.25) is 0 Å². The first kappa shape index (κ1) is 5.22. The molecule has 4 heteroatoms. The Morgan fingerprint density at radius 3 is 3.20 bits per heavy atom. The second-order valence-corrected chi connectivity index (χ2v) is 1.97. The molecule has 0 aromatic carbocycles. The van der Waals surface area contributed by atoms with Crippen LogP contribution in [0.5, 0.6) is 0 Å². The molecular formula is C6H5N3O. The van der Waals surface area contributed by atoms with Crippen LogP contribution in [0.3, 0.4) is 0 Å². The van der Waals surface area contributed by atoms with E-state index in [1.807, 2.05) is 0 Å². The van der Waals surface area contributed by atoms with E-state index in [4.69, 9.17) is 0 Å². The lowest BCUT2D eigenvalue weighted by atomic mass is 10.5. The predicted octanol–water partition coefficient (Wildman–Crippen LogP) is 0.0226. The number of aromatic nitrogens is 3. The van der Waals surface area contributed by atoms with Crippen molar-refractivity contribution in [2.24, 2.45) is 0 Å². The third-order valence-electron chi connectivity index (χ3n) is 1.33. The normalized spacial score (nSPS) is 10.4. The van der Waals surface area contributed by atoms with E-state index in [0.717, 1.165) is 5.52 Å². The summed E-state index contributed by atoms with van der Waals surface area (Å²) >= 11 is 0. The van der Waals surface area contributed by atoms with Gasteiger partial charge >= 0.3 is 0 Å². The minimum Gasteiger partial charge on any atom is -0.298 e. The molecule has 4 nitrogen and oxygen atoms in total. The van der Waals surface area contributed by atoms with Crippen molar-refractivity contribution in [3.05, 3.63) is 35.0 Å². The van der Waals surface area contributed by atoms with Crippen molar-refractivity contribution >= 4 is 5.52 Å². The van der Waals surface area contributed by atoms with Crippen LogP contribution in [0.1, 0.15) is 0 Å². The van der Waals surface area contributed by atoms with Crippen LogP contribution in [0.15, 0.2) is 29.5 Å². The maximum atomic E-state index is 10.9. The molecule has 0 saturated carbocycles. The molecule has 0 radical (unpaired) electrons. The van der Waals surface area contributed by atoms with E-state index >= 15 is 0 Å². The molecule has 50 valence electrons. The lowest BCUT2D eigenvalue weighted by Crippen LogP contribution is -2.12. The molecular weight excluding hydrogens is 130 g/mol. The first-order valence-electron chi connectivity index (χ1n) is 2.88. The van der Waals surface area contributed by atoms with E-state index in [1.165, 1.54) is 10.7 Å². The summed E-state index contributed by atoms with van der Waals surface area (Å²) in [5.41, 5.74) is 0.648. The molecule has 0 spiro atoms. The summed E-state index contributed by atoms with van der Waals surface area (Å²) in [6, 6.07) is 1.79. The molecule has 0 unspecified atom stereocenters. The Kier molecular flexibility index (Phi) is 0.887. The van der Waals surface area contributed by atoms with Crippen molar-refractivity contribution < 1.29 is 0 Å². The van der Waals surface area contributed by atoms with Crippen molar-refractivity contribution in [2.75, 3.05) is 0 Å². The Balaban J connectivity index is 3.09. The zero-order chi connectivity index (χ0) is 6.97. The Bertz CT molecular complexity index is 400. The average Bonchev–Trinajstić information content (AvgIpc) is 2.36. The van der Waals surface area contributed by atoms with Crippen molar-refractivity contribution in [2.45, 2.75) is 0 Å². The van der Waals surface area contributed by atoms with Crippen LogP contribution in [0.25, 0.3) is 5.52 Å². The molecule has 2 heterocycles. The maximum absolute atomic E-state index is 10.9. The van der Waals surface area contributed by atoms with Gasteiger partial charge in [-0.2, -0.15) is 0 Å². The molecule has 0 bridgehead atoms. The first-order chi connectivity index (χ1) is 4.88. The van der Waals surface area contributed by atoms with Gasteiger partial charge in [0, 0.05) is 6.20 Å². The highest BCUT2D eigenvalue weighted by Crippen LogP contribution is 1.91. The Morgan fingerprint density at radius 1 is 1.50 bits per heavy atom. The smallest absolute Gasteiger partial charge is 0.288 e. The summed E-state index contributed by atoms with van der Waals surface area (Å²) in [6.45, 7) is 0. The van der Waals surface area contributed by atoms with Crippen molar-refractivity contribution in [1.82, 2.24) is 14.6 Å². The quantitative estimate of drug-likeness (QED) is 0.553. The molecule has 10 heavy (non-hydrogen) atoms. The number of aromatic amines is 1. The summed E-state index contributed by atoms with van der Waals surface area (Å²) < 4.78 is 1.42. The molecule has 0 aliphatic carbocycles. The van der Waals surface area contributed by atoms with Gasteiger partial charge < -0.3 is 0 Å². The number of hydrogen-bond donors (Lipinski definition) is 1. The Morgan fingerprint density at radius 2 is 2.40 bits per heavy atom. The van der Waals surface area contributed by atoms with Crippen molar-refractivity contribution in [3.63, 3.8) is 0 Å². The van der Waals surface area contributed by atoms with E-state index < -0.39 is 0 Å². The van der Waals surface area contributed by atoms with Crippen LogP contribution in [0.4, 0.5) is 0 Å². The van der Waals surface area contributed by atoms with E-state index in [1.54, 1.807) is 18.5 Å². The lowest BCUT2D eigenvalue weighted by Gasteiger charge is -1.87. The number of nitrogens with one attached hydrogen (secondary N) is 1. The Labute approximate surface area is 56.1 Å². The van der Waals surface area contributed by atoms with E-state index in [0.29, 0.717) is 0 Å². The summed E-state index contributed by atoms with van der Waals surface area (Å²) in [5, 5.41) is 2.75. The van der Waals surface area contributed by atoms with Gasteiger partial charge in [0.25, 0.3) is 5.56 Å². The zero-order valence-electron chi connectivity index (χ0n) is 5.11. The Hall–Kier alpha value is -1.58. The van der Waals surface area contributed by atoms with Gasteiger partial charge in [-0.1, -0.05) is 0 Å². The van der Waals surface area contributed by atoms with Gasteiger partial charge in [0.1, 0.15) is 0 Å². The van der Waals surface area contributed by atoms with E-state index in [-0.39, 0.29) is 5.56 Å². The number of rotatable bonds is 0. The fraction of sp³-hybridized carbons (Fsp3) is 0. The number of fused-ring (bicyclic) bond motifs is 1. The summed E-state index contributed by atoms with van der Waals surface area (Å²) in [5.74, 6) is 0. The highest BCUT2D eigenvalue weighted by molar-refractivity contribution is 5.41. The predicted molar refractivity (Wildman–Crippen MR) is 35.8 cm³/mol. The van der Waals surface area contributed by atoms with E-state index in [9.17, 15) is 4.79 Å². The van der Waals surface area contributed by atoms with Gasteiger partial charge in [-0.3, -0.25) is 14.9 Å². The second-order valence-electron chi connectivity index (χ2n) is 1.97. The monoisotopic (exact) mass is 135 g/mol. The first-order valence-corrected chi connectivity index (χ1v) is 2.88. The standard InChI is InChI=1S/C6H5N3O/c10-6-4-7-3-5-1-2-8-9(5)6/h1-4,8H. The highest BCUT2D eigenvalue weighted by Gasteiger charge is 1.92. The van der Waals surface area contributed by atoms with Gasteiger partial charge in [-0.05, 0) is 6.07 Å². The van der Waals surface area contributed by atoms with Crippen LogP contribution >= 0.6 is 0 Å². The number of hydrogen-bond acceptors (Lipinski definition) is 2. The second kappa shape index (κ2) is 1.70. The van der Waals surface area contributed by atoms with Gasteiger partial charge in [-0.15, -0.1) is 0 Å². The molecule has 2 rings (SSSR count). The SMILES string of the molecule is O=c1cncc2cc[nH]n12. The molecule has 2 aromatic rings. The van der Waals surface area contributed by atoms with Crippen LogP contribution in [0.2, 0.25) is 0 Å². The van der Waals surface area contributed by atoms with Crippen LogP contribution in [-0.2, 0) is 0 Å².